The number of thiophene rings is 1. The average molecular weight is 275 g/mol. The van der Waals surface area contributed by atoms with Gasteiger partial charge in [0, 0.05) is 12.1 Å². The van der Waals surface area contributed by atoms with E-state index in [2.05, 4.69) is 12.2 Å². The minimum atomic E-state index is -0.648. The Morgan fingerprint density at radius 1 is 1.32 bits per heavy atom. The zero-order chi connectivity index (χ0) is 13.7. The van der Waals surface area contributed by atoms with Crippen LogP contribution in [0.25, 0.3) is 0 Å². The highest BCUT2D eigenvalue weighted by Crippen LogP contribution is 2.15. The first-order chi connectivity index (χ1) is 9.20. The molecule has 1 aromatic carbocycles. The minimum Gasteiger partial charge on any atom is -0.387 e. The molecule has 0 aliphatic heterocycles. The Kier molecular flexibility index (Phi) is 4.71. The number of hydrogen-bond donors (Lipinski definition) is 2. The second-order valence-corrected chi connectivity index (χ2v) is 5.11. The Bertz CT molecular complexity index is 520. The van der Waals surface area contributed by atoms with Crippen molar-refractivity contribution in [3.8, 4) is 0 Å². The standard InChI is InChI=1S/C15H17NO2S/c1-2-11-3-5-12(6-4-11)15(18)16-9-14(17)13-7-8-19-10-13/h3-8,10,14,17H,2,9H2,1H3,(H,16,18). The number of amides is 1. The summed E-state index contributed by atoms with van der Waals surface area (Å²) in [4.78, 5) is 11.9. The lowest BCUT2D eigenvalue weighted by atomic mass is 10.1. The second kappa shape index (κ2) is 6.50. The number of carbonyl (C=O) groups excluding carboxylic acids is 1. The Morgan fingerprint density at radius 3 is 2.63 bits per heavy atom. The van der Waals surface area contributed by atoms with Crippen molar-refractivity contribution in [3.05, 3.63) is 57.8 Å². The number of nitrogens with one attached hydrogen (secondary N) is 1. The van der Waals surface area contributed by atoms with Crippen LogP contribution in [0.2, 0.25) is 0 Å². The number of carbonyl (C=O) groups is 1. The van der Waals surface area contributed by atoms with Crippen molar-refractivity contribution < 1.29 is 9.90 Å². The fraction of sp³-hybridized carbons (Fsp3) is 0.267. The maximum absolute atomic E-state index is 11.9. The molecule has 0 aliphatic rings. The van der Waals surface area contributed by atoms with Gasteiger partial charge in [-0.15, -0.1) is 0 Å². The van der Waals surface area contributed by atoms with Crippen LogP contribution in [0.4, 0.5) is 0 Å². The van der Waals surface area contributed by atoms with E-state index in [1.54, 1.807) is 0 Å². The predicted octanol–water partition coefficient (Wildman–Crippen LogP) is 2.77. The van der Waals surface area contributed by atoms with E-state index in [-0.39, 0.29) is 12.5 Å². The predicted molar refractivity (Wildman–Crippen MR) is 77.4 cm³/mol. The number of aryl methyl sites for hydroxylation is 1. The van der Waals surface area contributed by atoms with Gasteiger partial charge in [0.2, 0.25) is 0 Å². The van der Waals surface area contributed by atoms with Gasteiger partial charge in [0.05, 0.1) is 6.10 Å². The van der Waals surface area contributed by atoms with E-state index in [9.17, 15) is 9.90 Å². The average Bonchev–Trinajstić information content (AvgIpc) is 2.98. The first-order valence-corrected chi connectivity index (χ1v) is 7.22. The van der Waals surface area contributed by atoms with Crippen LogP contribution in [-0.4, -0.2) is 17.6 Å². The topological polar surface area (TPSA) is 49.3 Å². The van der Waals surface area contributed by atoms with E-state index >= 15 is 0 Å². The monoisotopic (exact) mass is 275 g/mol. The molecule has 0 aliphatic carbocycles. The lowest BCUT2D eigenvalue weighted by molar-refractivity contribution is 0.0916. The normalized spacial score (nSPS) is 12.1. The molecule has 0 fully saturated rings. The van der Waals surface area contributed by atoms with Crippen LogP contribution in [0.3, 0.4) is 0 Å². The molecule has 4 heteroatoms. The van der Waals surface area contributed by atoms with Crippen molar-refractivity contribution >= 4 is 17.2 Å². The number of hydrogen-bond acceptors (Lipinski definition) is 3. The van der Waals surface area contributed by atoms with Gasteiger partial charge in [-0.1, -0.05) is 19.1 Å². The second-order valence-electron chi connectivity index (χ2n) is 4.33. The van der Waals surface area contributed by atoms with Gasteiger partial charge in [-0.2, -0.15) is 11.3 Å². The van der Waals surface area contributed by atoms with Crippen LogP contribution in [0.5, 0.6) is 0 Å². The molecule has 2 rings (SSSR count). The van der Waals surface area contributed by atoms with Gasteiger partial charge >= 0.3 is 0 Å². The molecule has 1 atom stereocenters. The van der Waals surface area contributed by atoms with Crippen molar-refractivity contribution in [2.24, 2.45) is 0 Å². The van der Waals surface area contributed by atoms with Crippen molar-refractivity contribution in [2.75, 3.05) is 6.54 Å². The van der Waals surface area contributed by atoms with E-state index in [4.69, 9.17) is 0 Å². The van der Waals surface area contributed by atoms with E-state index in [1.165, 1.54) is 16.9 Å². The Hall–Kier alpha value is -1.65. The summed E-state index contributed by atoms with van der Waals surface area (Å²) in [6, 6.07) is 9.38. The van der Waals surface area contributed by atoms with Crippen LogP contribution in [0, 0.1) is 0 Å². The first-order valence-electron chi connectivity index (χ1n) is 6.28. The minimum absolute atomic E-state index is 0.156. The Morgan fingerprint density at radius 2 is 2.05 bits per heavy atom. The fourth-order valence-electron chi connectivity index (χ4n) is 1.77. The molecule has 0 saturated heterocycles. The molecule has 0 bridgehead atoms. The van der Waals surface area contributed by atoms with Crippen molar-refractivity contribution in [1.82, 2.24) is 5.32 Å². The summed E-state index contributed by atoms with van der Waals surface area (Å²) in [7, 11) is 0. The molecule has 100 valence electrons. The lowest BCUT2D eigenvalue weighted by Gasteiger charge is -2.10. The molecule has 0 spiro atoms. The zero-order valence-corrected chi connectivity index (χ0v) is 11.6. The molecule has 2 aromatic rings. The molecular formula is C15H17NO2S. The molecule has 1 unspecified atom stereocenters. The summed E-state index contributed by atoms with van der Waals surface area (Å²) in [6.07, 6.45) is 0.309. The zero-order valence-electron chi connectivity index (χ0n) is 10.8. The molecule has 3 nitrogen and oxygen atoms in total. The van der Waals surface area contributed by atoms with E-state index in [0.29, 0.717) is 5.56 Å². The molecule has 19 heavy (non-hydrogen) atoms. The molecular weight excluding hydrogens is 258 g/mol. The maximum Gasteiger partial charge on any atom is 0.251 e. The SMILES string of the molecule is CCc1ccc(C(=O)NCC(O)c2ccsc2)cc1. The smallest absolute Gasteiger partial charge is 0.251 e. The quantitative estimate of drug-likeness (QED) is 0.881. The first kappa shape index (κ1) is 13.8. The molecule has 1 heterocycles. The third-order valence-corrected chi connectivity index (χ3v) is 3.71. The number of aliphatic hydroxyl groups is 1. The number of benzene rings is 1. The summed E-state index contributed by atoms with van der Waals surface area (Å²) in [6.45, 7) is 2.30. The molecule has 1 aromatic heterocycles. The highest BCUT2D eigenvalue weighted by atomic mass is 32.1. The van der Waals surface area contributed by atoms with Crippen molar-refractivity contribution in [1.29, 1.82) is 0 Å². The molecule has 1 amide bonds. The van der Waals surface area contributed by atoms with Gasteiger partial charge in [0.15, 0.2) is 0 Å². The van der Waals surface area contributed by atoms with Crippen molar-refractivity contribution in [2.45, 2.75) is 19.4 Å². The summed E-state index contributed by atoms with van der Waals surface area (Å²) >= 11 is 1.53. The fourth-order valence-corrected chi connectivity index (χ4v) is 2.47. The molecule has 0 saturated carbocycles. The van der Waals surface area contributed by atoms with Gasteiger partial charge in [-0.3, -0.25) is 4.79 Å². The Labute approximate surface area is 116 Å². The van der Waals surface area contributed by atoms with Gasteiger partial charge < -0.3 is 10.4 Å². The van der Waals surface area contributed by atoms with Crippen LogP contribution in [0.1, 0.15) is 34.5 Å². The third kappa shape index (κ3) is 3.66. The van der Waals surface area contributed by atoms with Crippen LogP contribution < -0.4 is 5.32 Å². The third-order valence-electron chi connectivity index (χ3n) is 3.01. The van der Waals surface area contributed by atoms with Gasteiger partial charge in [-0.05, 0) is 46.5 Å². The lowest BCUT2D eigenvalue weighted by Crippen LogP contribution is -2.28. The number of aliphatic hydroxyl groups excluding tert-OH is 1. The van der Waals surface area contributed by atoms with Crippen LogP contribution in [-0.2, 0) is 6.42 Å². The van der Waals surface area contributed by atoms with Crippen LogP contribution >= 0.6 is 11.3 Å². The largest absolute Gasteiger partial charge is 0.387 e. The summed E-state index contributed by atoms with van der Waals surface area (Å²) in [5.41, 5.74) is 2.66. The van der Waals surface area contributed by atoms with E-state index in [0.717, 1.165) is 12.0 Å². The molecule has 0 radical (unpaired) electrons. The summed E-state index contributed by atoms with van der Waals surface area (Å²) in [5, 5.41) is 16.4. The van der Waals surface area contributed by atoms with Gasteiger partial charge in [0.1, 0.15) is 0 Å². The highest BCUT2D eigenvalue weighted by molar-refractivity contribution is 7.07. The van der Waals surface area contributed by atoms with Crippen molar-refractivity contribution in [3.63, 3.8) is 0 Å². The van der Waals surface area contributed by atoms with Gasteiger partial charge in [0.25, 0.3) is 5.91 Å². The maximum atomic E-state index is 11.9. The summed E-state index contributed by atoms with van der Waals surface area (Å²) < 4.78 is 0. The molecule has 2 N–H and O–H groups in total. The van der Waals surface area contributed by atoms with E-state index in [1.807, 2.05) is 41.1 Å². The number of rotatable bonds is 5. The van der Waals surface area contributed by atoms with E-state index < -0.39 is 6.10 Å². The summed E-state index contributed by atoms with van der Waals surface area (Å²) in [5.74, 6) is -0.156. The Balaban J connectivity index is 1.90. The highest BCUT2D eigenvalue weighted by Gasteiger charge is 2.10. The van der Waals surface area contributed by atoms with Crippen LogP contribution in [0.15, 0.2) is 41.1 Å². The van der Waals surface area contributed by atoms with Gasteiger partial charge in [-0.25, -0.2) is 0 Å².